The number of halogens is 1. The molecule has 0 aliphatic heterocycles. The zero-order chi connectivity index (χ0) is 14.5. The molecule has 0 aromatic heterocycles. The maximum atomic E-state index is 5.76. The molecule has 0 aliphatic rings. The van der Waals surface area contributed by atoms with E-state index in [9.17, 15) is 0 Å². The highest BCUT2D eigenvalue weighted by Crippen LogP contribution is 2.24. The van der Waals surface area contributed by atoms with Crippen LogP contribution in [0.15, 0.2) is 22.7 Å². The Hall–Kier alpha value is -0.620. The van der Waals surface area contributed by atoms with Gasteiger partial charge < -0.3 is 9.47 Å². The standard InChI is InChI=1S/C14H23BrN2O2/c1-14(2,3)19-9-11(17-16)7-10-8-12(18-4)5-6-13(10)15/h5-6,8,11,17H,7,9,16H2,1-4H3. The van der Waals surface area contributed by atoms with Crippen LogP contribution in [0, 0.1) is 0 Å². The van der Waals surface area contributed by atoms with Crippen molar-refractivity contribution in [3.8, 4) is 5.75 Å². The van der Waals surface area contributed by atoms with Crippen LogP contribution in [-0.4, -0.2) is 25.4 Å². The van der Waals surface area contributed by atoms with Crippen molar-refractivity contribution in [1.29, 1.82) is 0 Å². The Morgan fingerprint density at radius 3 is 2.58 bits per heavy atom. The summed E-state index contributed by atoms with van der Waals surface area (Å²) in [5, 5.41) is 0. The monoisotopic (exact) mass is 330 g/mol. The highest BCUT2D eigenvalue weighted by atomic mass is 79.9. The summed E-state index contributed by atoms with van der Waals surface area (Å²) in [5.74, 6) is 6.43. The second-order valence-electron chi connectivity index (χ2n) is 5.45. The molecule has 0 amide bonds. The Labute approximate surface area is 123 Å². The van der Waals surface area contributed by atoms with Crippen molar-refractivity contribution >= 4 is 15.9 Å². The highest BCUT2D eigenvalue weighted by molar-refractivity contribution is 9.10. The number of hydrogen-bond acceptors (Lipinski definition) is 4. The van der Waals surface area contributed by atoms with E-state index in [2.05, 4.69) is 21.4 Å². The largest absolute Gasteiger partial charge is 0.497 e. The van der Waals surface area contributed by atoms with Gasteiger partial charge in [0.15, 0.2) is 0 Å². The van der Waals surface area contributed by atoms with E-state index in [-0.39, 0.29) is 11.6 Å². The fourth-order valence-electron chi connectivity index (χ4n) is 1.62. The van der Waals surface area contributed by atoms with Gasteiger partial charge in [-0.3, -0.25) is 11.3 Å². The summed E-state index contributed by atoms with van der Waals surface area (Å²) in [4.78, 5) is 0. The molecule has 1 aromatic rings. The minimum atomic E-state index is -0.166. The Balaban J connectivity index is 2.69. The molecule has 3 N–H and O–H groups in total. The Morgan fingerprint density at radius 2 is 2.05 bits per heavy atom. The molecule has 0 bridgehead atoms. The summed E-state index contributed by atoms with van der Waals surface area (Å²) in [5.41, 5.74) is 3.77. The van der Waals surface area contributed by atoms with Gasteiger partial charge in [0.1, 0.15) is 5.75 Å². The van der Waals surface area contributed by atoms with Crippen LogP contribution in [0.1, 0.15) is 26.3 Å². The molecule has 0 aliphatic carbocycles. The number of rotatable bonds is 6. The van der Waals surface area contributed by atoms with Crippen molar-refractivity contribution in [3.63, 3.8) is 0 Å². The molecule has 1 unspecified atom stereocenters. The van der Waals surface area contributed by atoms with Crippen LogP contribution in [0.5, 0.6) is 5.75 Å². The van der Waals surface area contributed by atoms with Gasteiger partial charge in [-0.25, -0.2) is 0 Å². The van der Waals surface area contributed by atoms with Gasteiger partial charge in [-0.1, -0.05) is 15.9 Å². The number of methoxy groups -OCH3 is 1. The highest BCUT2D eigenvalue weighted by Gasteiger charge is 2.16. The van der Waals surface area contributed by atoms with E-state index in [0.717, 1.165) is 22.2 Å². The van der Waals surface area contributed by atoms with Crippen LogP contribution in [0.3, 0.4) is 0 Å². The smallest absolute Gasteiger partial charge is 0.119 e. The fraction of sp³-hybridized carbons (Fsp3) is 0.571. The van der Waals surface area contributed by atoms with Crippen LogP contribution >= 0.6 is 15.9 Å². The zero-order valence-corrected chi connectivity index (χ0v) is 13.6. The van der Waals surface area contributed by atoms with Gasteiger partial charge in [-0.05, 0) is 51.0 Å². The van der Waals surface area contributed by atoms with Crippen LogP contribution < -0.4 is 16.0 Å². The van der Waals surface area contributed by atoms with E-state index >= 15 is 0 Å². The van der Waals surface area contributed by atoms with Gasteiger partial charge in [0, 0.05) is 10.5 Å². The summed E-state index contributed by atoms with van der Waals surface area (Å²) in [6.07, 6.45) is 0.768. The van der Waals surface area contributed by atoms with E-state index < -0.39 is 0 Å². The van der Waals surface area contributed by atoms with Gasteiger partial charge in [-0.2, -0.15) is 0 Å². The van der Waals surface area contributed by atoms with E-state index in [1.54, 1.807) is 7.11 Å². The molecule has 0 heterocycles. The van der Waals surface area contributed by atoms with Crippen molar-refractivity contribution in [1.82, 2.24) is 5.43 Å². The second-order valence-corrected chi connectivity index (χ2v) is 6.30. The van der Waals surface area contributed by atoms with Gasteiger partial charge in [0.05, 0.1) is 19.3 Å². The molecule has 0 saturated carbocycles. The third-order valence-corrected chi connectivity index (χ3v) is 3.45. The minimum Gasteiger partial charge on any atom is -0.497 e. The summed E-state index contributed by atoms with van der Waals surface area (Å²) < 4.78 is 12.0. The maximum Gasteiger partial charge on any atom is 0.119 e. The normalized spacial score (nSPS) is 13.4. The zero-order valence-electron chi connectivity index (χ0n) is 12.0. The lowest BCUT2D eigenvalue weighted by molar-refractivity contribution is -0.0143. The number of hydrazine groups is 1. The van der Waals surface area contributed by atoms with Gasteiger partial charge in [-0.15, -0.1) is 0 Å². The molecule has 0 saturated heterocycles. The first-order valence-electron chi connectivity index (χ1n) is 6.28. The predicted molar refractivity (Wildman–Crippen MR) is 81.2 cm³/mol. The summed E-state index contributed by atoms with van der Waals surface area (Å²) in [6, 6.07) is 5.96. The second kappa shape index (κ2) is 7.24. The van der Waals surface area contributed by atoms with E-state index in [1.807, 2.05) is 39.0 Å². The van der Waals surface area contributed by atoms with Crippen molar-refractivity contribution in [2.24, 2.45) is 5.84 Å². The summed E-state index contributed by atoms with van der Waals surface area (Å²) >= 11 is 3.54. The lowest BCUT2D eigenvalue weighted by atomic mass is 10.1. The fourth-order valence-corrected chi connectivity index (χ4v) is 2.03. The van der Waals surface area contributed by atoms with Crippen molar-refractivity contribution in [2.45, 2.75) is 38.8 Å². The average molecular weight is 331 g/mol. The third-order valence-electron chi connectivity index (χ3n) is 2.67. The lowest BCUT2D eigenvalue weighted by Crippen LogP contribution is -2.42. The van der Waals surface area contributed by atoms with E-state index in [1.165, 1.54) is 0 Å². The minimum absolute atomic E-state index is 0.0580. The first-order chi connectivity index (χ1) is 8.85. The van der Waals surface area contributed by atoms with E-state index in [0.29, 0.717) is 6.61 Å². The molecule has 19 heavy (non-hydrogen) atoms. The number of ether oxygens (including phenoxy) is 2. The van der Waals surface area contributed by atoms with Crippen LogP contribution in [-0.2, 0) is 11.2 Å². The average Bonchev–Trinajstić information content (AvgIpc) is 2.35. The number of hydrogen-bond donors (Lipinski definition) is 2. The SMILES string of the molecule is COc1ccc(Br)c(CC(COC(C)(C)C)NN)c1. The first kappa shape index (κ1) is 16.4. The number of nitrogens with two attached hydrogens (primary N) is 1. The van der Waals surface area contributed by atoms with Crippen LogP contribution in [0.4, 0.5) is 0 Å². The molecule has 1 aromatic carbocycles. The predicted octanol–water partition coefficient (Wildman–Crippen LogP) is 2.65. The van der Waals surface area contributed by atoms with Gasteiger partial charge in [0.25, 0.3) is 0 Å². The van der Waals surface area contributed by atoms with Crippen molar-refractivity contribution in [3.05, 3.63) is 28.2 Å². The molecule has 0 spiro atoms. The number of nitrogens with one attached hydrogen (secondary N) is 1. The quantitative estimate of drug-likeness (QED) is 0.622. The molecule has 0 radical (unpaired) electrons. The Kier molecular flexibility index (Phi) is 6.26. The molecule has 4 nitrogen and oxygen atoms in total. The van der Waals surface area contributed by atoms with Crippen LogP contribution in [0.2, 0.25) is 0 Å². The van der Waals surface area contributed by atoms with Crippen molar-refractivity contribution in [2.75, 3.05) is 13.7 Å². The Morgan fingerprint density at radius 1 is 1.37 bits per heavy atom. The van der Waals surface area contributed by atoms with Crippen LogP contribution in [0.25, 0.3) is 0 Å². The molecular weight excluding hydrogens is 308 g/mol. The molecule has 1 atom stereocenters. The molecule has 1 rings (SSSR count). The van der Waals surface area contributed by atoms with Gasteiger partial charge in [0.2, 0.25) is 0 Å². The topological polar surface area (TPSA) is 56.5 Å². The molecular formula is C14H23BrN2O2. The number of benzene rings is 1. The van der Waals surface area contributed by atoms with Gasteiger partial charge >= 0.3 is 0 Å². The lowest BCUT2D eigenvalue weighted by Gasteiger charge is -2.24. The molecule has 5 heteroatoms. The molecule has 0 fully saturated rings. The third kappa shape index (κ3) is 5.91. The summed E-state index contributed by atoms with van der Waals surface area (Å²) in [6.45, 7) is 6.65. The molecule has 108 valence electrons. The summed E-state index contributed by atoms with van der Waals surface area (Å²) in [7, 11) is 1.66. The van der Waals surface area contributed by atoms with Crippen molar-refractivity contribution < 1.29 is 9.47 Å². The Bertz CT molecular complexity index is 405. The first-order valence-corrected chi connectivity index (χ1v) is 7.07. The van der Waals surface area contributed by atoms with E-state index in [4.69, 9.17) is 15.3 Å². The maximum absolute atomic E-state index is 5.76.